The van der Waals surface area contributed by atoms with Gasteiger partial charge in [-0.2, -0.15) is 5.26 Å². The minimum Gasteiger partial charge on any atom is -0.353 e. The van der Waals surface area contributed by atoms with Crippen molar-refractivity contribution < 1.29 is 13.5 Å². The number of nitrogens with zero attached hydrogens (tertiary/aromatic N) is 3. The van der Waals surface area contributed by atoms with Gasteiger partial charge in [0, 0.05) is 30.9 Å². The molecule has 4 rings (SSSR count). The van der Waals surface area contributed by atoms with E-state index in [1.807, 2.05) is 4.90 Å². The number of nitrogens with two attached hydrogens (primary N) is 1. The van der Waals surface area contributed by atoms with Crippen molar-refractivity contribution in [2.75, 3.05) is 18.0 Å². The average Bonchev–Trinajstić information content (AvgIpc) is 2.97. The summed E-state index contributed by atoms with van der Waals surface area (Å²) in [5.74, 6) is -0.784. The lowest BCUT2D eigenvalue weighted by atomic mass is 9.80. The first-order chi connectivity index (χ1) is 12.5. The Morgan fingerprint density at radius 3 is 3.00 bits per heavy atom. The molecule has 0 radical (unpaired) electrons. The quantitative estimate of drug-likeness (QED) is 0.848. The summed E-state index contributed by atoms with van der Waals surface area (Å²) in [6.45, 7) is 0.870. The zero-order valence-electron chi connectivity index (χ0n) is 13.8. The lowest BCUT2D eigenvalue weighted by Crippen LogP contribution is -2.59. The predicted molar refractivity (Wildman–Crippen MR) is 89.8 cm³/mol. The van der Waals surface area contributed by atoms with Crippen LogP contribution in [0.5, 0.6) is 0 Å². The minimum absolute atomic E-state index is 0.288. The number of benzene rings is 1. The zero-order chi connectivity index (χ0) is 18.3. The predicted octanol–water partition coefficient (Wildman–Crippen LogP) is 1.57. The van der Waals surface area contributed by atoms with Gasteiger partial charge in [0.05, 0.1) is 17.2 Å². The van der Waals surface area contributed by atoms with Gasteiger partial charge < -0.3 is 9.64 Å². The van der Waals surface area contributed by atoms with E-state index in [0.29, 0.717) is 30.9 Å². The Morgan fingerprint density at radius 2 is 2.23 bits per heavy atom. The van der Waals surface area contributed by atoms with Gasteiger partial charge in [-0.3, -0.25) is 11.1 Å². The molecule has 3 heterocycles. The van der Waals surface area contributed by atoms with E-state index >= 15 is 0 Å². The number of aromatic nitrogens is 1. The molecule has 2 aliphatic heterocycles. The summed E-state index contributed by atoms with van der Waals surface area (Å²) in [7, 11) is 0. The average molecular weight is 357 g/mol. The van der Waals surface area contributed by atoms with Crippen LogP contribution in [0.15, 0.2) is 36.5 Å². The number of rotatable bonds is 2. The third-order valence-electron chi connectivity index (χ3n) is 4.98. The van der Waals surface area contributed by atoms with Gasteiger partial charge in [-0.05, 0) is 24.6 Å². The Bertz CT molecular complexity index is 886. The summed E-state index contributed by atoms with van der Waals surface area (Å²) in [5.41, 5.74) is 5.68. The molecule has 3 N–H and O–H groups in total. The fourth-order valence-electron chi connectivity index (χ4n) is 3.89. The van der Waals surface area contributed by atoms with E-state index in [4.69, 9.17) is 10.5 Å². The number of pyridine rings is 1. The lowest BCUT2D eigenvalue weighted by Gasteiger charge is -2.44. The number of ether oxygens (including phenoxy) is 1. The fraction of sp³-hybridized carbons (Fsp3) is 0.333. The normalized spacial score (nSPS) is 27.8. The molecule has 0 spiro atoms. The van der Waals surface area contributed by atoms with Gasteiger partial charge in [-0.25, -0.2) is 13.8 Å². The van der Waals surface area contributed by atoms with Crippen LogP contribution < -0.4 is 16.0 Å². The van der Waals surface area contributed by atoms with Crippen LogP contribution in [0, 0.1) is 23.0 Å². The molecule has 0 bridgehead atoms. The Hall–Kier alpha value is -2.60. The van der Waals surface area contributed by atoms with E-state index in [1.54, 1.807) is 18.3 Å². The zero-order valence-corrected chi connectivity index (χ0v) is 13.8. The Kier molecular flexibility index (Phi) is 4.07. The van der Waals surface area contributed by atoms with Gasteiger partial charge in [0.1, 0.15) is 23.5 Å². The molecular weight excluding hydrogens is 340 g/mol. The van der Waals surface area contributed by atoms with Gasteiger partial charge >= 0.3 is 0 Å². The van der Waals surface area contributed by atoms with Crippen molar-refractivity contribution in [3.05, 3.63) is 59.3 Å². The second-order valence-electron chi connectivity index (χ2n) is 6.48. The Morgan fingerprint density at radius 1 is 1.38 bits per heavy atom. The highest BCUT2D eigenvalue weighted by Gasteiger charge is 2.53. The molecule has 0 saturated carbocycles. The first-order valence-corrected chi connectivity index (χ1v) is 8.28. The van der Waals surface area contributed by atoms with Gasteiger partial charge in [0.15, 0.2) is 6.35 Å². The van der Waals surface area contributed by atoms with Gasteiger partial charge in [0.25, 0.3) is 0 Å². The van der Waals surface area contributed by atoms with Crippen molar-refractivity contribution in [2.24, 2.45) is 5.73 Å². The summed E-state index contributed by atoms with van der Waals surface area (Å²) in [6, 6.07) is 8.99. The van der Waals surface area contributed by atoms with Crippen molar-refractivity contribution in [1.29, 1.82) is 5.26 Å². The summed E-state index contributed by atoms with van der Waals surface area (Å²) < 4.78 is 33.8. The maximum Gasteiger partial charge on any atom is 0.162 e. The van der Waals surface area contributed by atoms with Crippen LogP contribution in [0.2, 0.25) is 0 Å². The molecule has 2 aromatic rings. The van der Waals surface area contributed by atoms with E-state index in [1.165, 1.54) is 12.1 Å². The molecule has 1 unspecified atom stereocenters. The van der Waals surface area contributed by atoms with Crippen LogP contribution >= 0.6 is 0 Å². The van der Waals surface area contributed by atoms with Gasteiger partial charge in [-0.15, -0.1) is 0 Å². The molecule has 3 atom stereocenters. The van der Waals surface area contributed by atoms with Crippen molar-refractivity contribution in [1.82, 2.24) is 10.3 Å². The molecule has 0 amide bonds. The lowest BCUT2D eigenvalue weighted by molar-refractivity contribution is 0.0197. The molecule has 2 fully saturated rings. The van der Waals surface area contributed by atoms with Crippen LogP contribution in [-0.2, 0) is 10.3 Å². The second kappa shape index (κ2) is 6.29. The van der Waals surface area contributed by atoms with Crippen molar-refractivity contribution >= 4 is 5.82 Å². The first-order valence-electron chi connectivity index (χ1n) is 8.28. The van der Waals surface area contributed by atoms with Crippen LogP contribution in [0.25, 0.3) is 0 Å². The van der Waals surface area contributed by atoms with E-state index in [0.717, 1.165) is 6.07 Å². The molecule has 1 aromatic heterocycles. The summed E-state index contributed by atoms with van der Waals surface area (Å²) in [4.78, 5) is 6.23. The number of hydrogen-bond donors (Lipinski definition) is 2. The number of hydrogen-bond acceptors (Lipinski definition) is 6. The van der Waals surface area contributed by atoms with Crippen LogP contribution in [0.1, 0.15) is 17.5 Å². The Labute approximate surface area is 149 Å². The fourth-order valence-corrected chi connectivity index (χ4v) is 3.89. The highest BCUT2D eigenvalue weighted by molar-refractivity contribution is 5.55. The smallest absolute Gasteiger partial charge is 0.162 e. The molecule has 2 aliphatic rings. The van der Waals surface area contributed by atoms with Crippen LogP contribution in [-0.4, -0.2) is 30.5 Å². The molecule has 0 aliphatic carbocycles. The number of fused-ring (bicyclic) bond motifs is 1. The molecule has 26 heavy (non-hydrogen) atoms. The van der Waals surface area contributed by atoms with Crippen LogP contribution in [0.3, 0.4) is 0 Å². The third kappa shape index (κ3) is 2.61. The molecule has 8 heteroatoms. The minimum atomic E-state index is -0.959. The van der Waals surface area contributed by atoms with E-state index < -0.39 is 23.5 Å². The molecule has 6 nitrogen and oxygen atoms in total. The largest absolute Gasteiger partial charge is 0.353 e. The van der Waals surface area contributed by atoms with Gasteiger partial charge in [0.2, 0.25) is 0 Å². The number of piperidine rings is 1. The number of nitrogens with one attached hydrogen (secondary N) is 1. The second-order valence-corrected chi connectivity index (χ2v) is 6.48. The van der Waals surface area contributed by atoms with E-state index in [9.17, 15) is 14.0 Å². The van der Waals surface area contributed by atoms with Crippen molar-refractivity contribution in [3.8, 4) is 6.07 Å². The van der Waals surface area contributed by atoms with E-state index in [-0.39, 0.29) is 11.7 Å². The maximum atomic E-state index is 14.6. The number of nitriles is 1. The van der Waals surface area contributed by atoms with Crippen LogP contribution in [0.4, 0.5) is 14.6 Å². The number of halogens is 2. The maximum absolute atomic E-state index is 14.6. The molecule has 1 aromatic carbocycles. The molecular formula is C18H17F2N5O. The summed E-state index contributed by atoms with van der Waals surface area (Å²) >= 11 is 0. The monoisotopic (exact) mass is 357 g/mol. The highest BCUT2D eigenvalue weighted by atomic mass is 19.1. The van der Waals surface area contributed by atoms with E-state index in [2.05, 4.69) is 16.4 Å². The van der Waals surface area contributed by atoms with Crippen molar-refractivity contribution in [3.63, 3.8) is 0 Å². The SMILES string of the molecule is N#Cc1cccnc1N1CC[C@H]2OC(N)N[C@@]2(c2ccc(F)cc2F)C1. The van der Waals surface area contributed by atoms with Gasteiger partial charge in [-0.1, -0.05) is 6.07 Å². The molecule has 2 saturated heterocycles. The summed E-state index contributed by atoms with van der Waals surface area (Å²) in [6.07, 6.45) is 1.03. The highest BCUT2D eigenvalue weighted by Crippen LogP contribution is 2.41. The number of anilines is 1. The Balaban J connectivity index is 1.78. The topological polar surface area (TPSA) is 87.2 Å². The van der Waals surface area contributed by atoms with Crippen molar-refractivity contribution in [2.45, 2.75) is 24.4 Å². The summed E-state index contributed by atoms with van der Waals surface area (Å²) in [5, 5.41) is 12.5. The molecule has 134 valence electrons. The standard InChI is InChI=1S/C18H17F2N5O/c19-12-3-4-13(14(20)8-12)18-10-25(7-5-15(18)26-17(22)24-18)16-11(9-21)2-1-6-23-16/h1-4,6,8,15,17,24H,5,7,10,22H2/t15-,17?,18-/m1/s1. The first kappa shape index (κ1) is 16.8. The third-order valence-corrected chi connectivity index (χ3v) is 4.98.